The van der Waals surface area contributed by atoms with Gasteiger partial charge in [-0.25, -0.2) is 13.2 Å². The van der Waals surface area contributed by atoms with Crippen molar-refractivity contribution in [2.75, 3.05) is 38.6 Å². The quantitative estimate of drug-likeness (QED) is 0.583. The molecule has 3 heterocycles. The second kappa shape index (κ2) is 10.4. The summed E-state index contributed by atoms with van der Waals surface area (Å²) >= 11 is 1.39. The Morgan fingerprint density at radius 3 is 2.43 bits per heavy atom. The molecule has 9 nitrogen and oxygen atoms in total. The van der Waals surface area contributed by atoms with E-state index in [0.29, 0.717) is 22.5 Å². The van der Waals surface area contributed by atoms with E-state index in [-0.39, 0.29) is 30.2 Å². The molecule has 1 N–H and O–H groups in total. The zero-order valence-electron chi connectivity index (χ0n) is 20.4. The first-order valence-corrected chi connectivity index (χ1v) is 13.9. The Morgan fingerprint density at radius 1 is 1.17 bits per heavy atom. The summed E-state index contributed by atoms with van der Waals surface area (Å²) in [5, 5.41) is 3.31. The van der Waals surface area contributed by atoms with E-state index in [2.05, 4.69) is 17.1 Å². The van der Waals surface area contributed by atoms with Crippen LogP contribution in [0.5, 0.6) is 0 Å². The molecule has 0 radical (unpaired) electrons. The average molecular weight is 522 g/mol. The Morgan fingerprint density at radius 2 is 1.83 bits per heavy atom. The van der Waals surface area contributed by atoms with Crippen molar-refractivity contribution in [2.45, 2.75) is 50.8 Å². The fourth-order valence-electron chi connectivity index (χ4n) is 4.56. The van der Waals surface area contributed by atoms with Gasteiger partial charge in [0.1, 0.15) is 5.00 Å². The second-order valence-electron chi connectivity index (χ2n) is 8.88. The predicted octanol–water partition coefficient (Wildman–Crippen LogP) is 2.96. The number of nitrogens with zero attached hydrogens (tertiary/aromatic N) is 2. The molecule has 190 valence electrons. The Hall–Kier alpha value is -2.31. The normalized spacial score (nSPS) is 21.4. The lowest BCUT2D eigenvalue weighted by Crippen LogP contribution is -2.48. The third kappa shape index (κ3) is 5.29. The Bertz CT molecular complexity index is 1200. The van der Waals surface area contributed by atoms with Crippen LogP contribution in [0.3, 0.4) is 0 Å². The molecule has 1 fully saturated rings. The number of benzene rings is 1. The van der Waals surface area contributed by atoms with E-state index >= 15 is 0 Å². The lowest BCUT2D eigenvalue weighted by Gasteiger charge is -2.34. The Balaban J connectivity index is 1.54. The van der Waals surface area contributed by atoms with Gasteiger partial charge >= 0.3 is 5.97 Å². The van der Waals surface area contributed by atoms with E-state index in [1.807, 2.05) is 13.8 Å². The molecule has 2 atom stereocenters. The predicted molar refractivity (Wildman–Crippen MR) is 133 cm³/mol. The number of hydrogen-bond acceptors (Lipinski definition) is 8. The van der Waals surface area contributed by atoms with Gasteiger partial charge in [0.25, 0.3) is 5.91 Å². The van der Waals surface area contributed by atoms with Crippen LogP contribution in [0.25, 0.3) is 0 Å². The van der Waals surface area contributed by atoms with Gasteiger partial charge in [-0.05, 0) is 56.6 Å². The van der Waals surface area contributed by atoms with E-state index in [9.17, 15) is 18.0 Å². The first-order valence-electron chi connectivity index (χ1n) is 11.7. The van der Waals surface area contributed by atoms with Gasteiger partial charge in [0.05, 0.1) is 29.8 Å². The van der Waals surface area contributed by atoms with Crippen molar-refractivity contribution in [3.63, 3.8) is 0 Å². The molecule has 11 heteroatoms. The van der Waals surface area contributed by atoms with E-state index in [0.717, 1.165) is 30.1 Å². The number of ether oxygens (including phenoxy) is 2. The van der Waals surface area contributed by atoms with Gasteiger partial charge in [-0.2, -0.15) is 4.31 Å². The van der Waals surface area contributed by atoms with Crippen molar-refractivity contribution >= 4 is 38.2 Å². The number of hydrogen-bond donors (Lipinski definition) is 1. The standard InChI is InChI=1S/C24H31N3O6S2/c1-5-26-11-10-19-20(14-26)34-23(21(19)24(29)32-4)25-22(28)17-6-8-18(9-7-17)35(30,31)27-12-15(2)33-16(3)13-27/h6-9,15-16H,5,10-14H2,1-4H3,(H,25,28)/t15-,16-/m0/s1. The Labute approximate surface area is 210 Å². The van der Waals surface area contributed by atoms with Crippen LogP contribution in [0.2, 0.25) is 0 Å². The molecule has 2 aromatic rings. The van der Waals surface area contributed by atoms with E-state index < -0.39 is 21.9 Å². The SMILES string of the molecule is CCN1CCc2c(sc(NC(=O)c3ccc(S(=O)(=O)N4C[C@H](C)O[C@@H](C)C4)cc3)c2C(=O)OC)C1. The number of thiophene rings is 1. The lowest BCUT2D eigenvalue weighted by atomic mass is 10.0. The molecule has 1 aromatic heterocycles. The highest BCUT2D eigenvalue weighted by molar-refractivity contribution is 7.89. The summed E-state index contributed by atoms with van der Waals surface area (Å²) < 4.78 is 38.2. The highest BCUT2D eigenvalue weighted by atomic mass is 32.2. The number of methoxy groups -OCH3 is 1. The zero-order chi connectivity index (χ0) is 25.3. The molecule has 0 bridgehead atoms. The van der Waals surface area contributed by atoms with Crippen LogP contribution in [-0.4, -0.2) is 75.0 Å². The van der Waals surface area contributed by atoms with E-state index in [1.165, 1.54) is 47.0 Å². The summed E-state index contributed by atoms with van der Waals surface area (Å²) in [5.74, 6) is -0.892. The summed E-state index contributed by atoms with van der Waals surface area (Å²) in [6.45, 7) is 8.81. The number of esters is 1. The maximum atomic E-state index is 13.1. The summed E-state index contributed by atoms with van der Waals surface area (Å²) in [6, 6.07) is 5.85. The maximum Gasteiger partial charge on any atom is 0.341 e. The molecular formula is C24H31N3O6S2. The van der Waals surface area contributed by atoms with Crippen LogP contribution in [0.15, 0.2) is 29.2 Å². The number of nitrogens with one attached hydrogen (secondary N) is 1. The van der Waals surface area contributed by atoms with Gasteiger partial charge in [0, 0.05) is 36.6 Å². The molecule has 2 aliphatic heterocycles. The fraction of sp³-hybridized carbons (Fsp3) is 0.500. The number of morpholine rings is 1. The average Bonchev–Trinajstić information content (AvgIpc) is 3.19. The highest BCUT2D eigenvalue weighted by Crippen LogP contribution is 2.38. The summed E-state index contributed by atoms with van der Waals surface area (Å²) in [4.78, 5) is 29.0. The van der Waals surface area contributed by atoms with Gasteiger partial charge in [0.15, 0.2) is 0 Å². The van der Waals surface area contributed by atoms with Gasteiger partial charge < -0.3 is 14.8 Å². The first kappa shape index (κ1) is 25.8. The monoisotopic (exact) mass is 521 g/mol. The van der Waals surface area contributed by atoms with Crippen LogP contribution >= 0.6 is 11.3 Å². The summed E-state index contributed by atoms with van der Waals surface area (Å²) in [6.07, 6.45) is 0.331. The van der Waals surface area contributed by atoms with Crippen LogP contribution in [-0.2, 0) is 32.5 Å². The molecule has 1 aromatic carbocycles. The molecule has 1 amide bonds. The number of anilines is 1. The molecule has 1 saturated heterocycles. The van der Waals surface area contributed by atoms with Gasteiger partial charge in [-0.15, -0.1) is 11.3 Å². The molecule has 0 spiro atoms. The third-order valence-corrected chi connectivity index (χ3v) is 9.32. The van der Waals surface area contributed by atoms with Crippen molar-refractivity contribution in [2.24, 2.45) is 0 Å². The van der Waals surface area contributed by atoms with Crippen LogP contribution in [0, 0.1) is 0 Å². The number of amides is 1. The van der Waals surface area contributed by atoms with Crippen LogP contribution in [0.4, 0.5) is 5.00 Å². The van der Waals surface area contributed by atoms with Crippen molar-refractivity contribution in [3.8, 4) is 0 Å². The number of carbonyl (C=O) groups excluding carboxylic acids is 2. The molecule has 0 aliphatic carbocycles. The maximum absolute atomic E-state index is 13.1. The Kier molecular flexibility index (Phi) is 7.62. The minimum atomic E-state index is -3.70. The first-order chi connectivity index (χ1) is 16.6. The molecule has 2 aliphatic rings. The molecular weight excluding hydrogens is 490 g/mol. The summed E-state index contributed by atoms with van der Waals surface area (Å²) in [5.41, 5.74) is 1.63. The molecule has 35 heavy (non-hydrogen) atoms. The van der Waals surface area contributed by atoms with Crippen molar-refractivity contribution in [1.82, 2.24) is 9.21 Å². The number of carbonyl (C=O) groups is 2. The highest BCUT2D eigenvalue weighted by Gasteiger charge is 2.33. The minimum Gasteiger partial charge on any atom is -0.465 e. The largest absolute Gasteiger partial charge is 0.465 e. The zero-order valence-corrected chi connectivity index (χ0v) is 22.0. The lowest BCUT2D eigenvalue weighted by molar-refractivity contribution is -0.0440. The second-order valence-corrected chi connectivity index (χ2v) is 11.9. The number of fused-ring (bicyclic) bond motifs is 1. The van der Waals surface area contributed by atoms with E-state index in [1.54, 1.807) is 0 Å². The third-order valence-electron chi connectivity index (χ3n) is 6.34. The van der Waals surface area contributed by atoms with Crippen LogP contribution in [0.1, 0.15) is 51.9 Å². The van der Waals surface area contributed by atoms with Crippen LogP contribution < -0.4 is 5.32 Å². The number of sulfonamides is 1. The van der Waals surface area contributed by atoms with Crippen molar-refractivity contribution in [3.05, 3.63) is 45.8 Å². The fourth-order valence-corrected chi connectivity index (χ4v) is 7.43. The van der Waals surface area contributed by atoms with Gasteiger partial charge in [-0.1, -0.05) is 6.92 Å². The van der Waals surface area contributed by atoms with E-state index in [4.69, 9.17) is 9.47 Å². The topological polar surface area (TPSA) is 105 Å². The molecule has 0 unspecified atom stereocenters. The van der Waals surface area contributed by atoms with Crippen molar-refractivity contribution < 1.29 is 27.5 Å². The molecule has 4 rings (SSSR count). The minimum absolute atomic E-state index is 0.122. The number of rotatable bonds is 6. The van der Waals surface area contributed by atoms with Gasteiger partial charge in [0.2, 0.25) is 10.0 Å². The van der Waals surface area contributed by atoms with Gasteiger partial charge in [-0.3, -0.25) is 9.69 Å². The molecule has 0 saturated carbocycles. The van der Waals surface area contributed by atoms with Crippen molar-refractivity contribution in [1.29, 1.82) is 0 Å². The summed E-state index contributed by atoms with van der Waals surface area (Å²) in [7, 11) is -2.37. The smallest absolute Gasteiger partial charge is 0.341 e. The number of likely N-dealkylation sites (N-methyl/N-ethyl adjacent to an activating group) is 1.